The molecule has 0 atom stereocenters. The van der Waals surface area contributed by atoms with Gasteiger partial charge in [-0.1, -0.05) is 0 Å². The predicted molar refractivity (Wildman–Crippen MR) is 67.4 cm³/mol. The van der Waals surface area contributed by atoms with Crippen molar-refractivity contribution in [3.63, 3.8) is 0 Å². The topological polar surface area (TPSA) is 57.6 Å². The minimum atomic E-state index is -0.569. The molecule has 102 valence electrons. The number of hydrogen-bond donors (Lipinski definition) is 1. The van der Waals surface area contributed by atoms with E-state index in [1.165, 1.54) is 13.0 Å². The van der Waals surface area contributed by atoms with Crippen LogP contribution in [0.15, 0.2) is 18.2 Å². The van der Waals surface area contributed by atoms with E-state index >= 15 is 0 Å². The number of Topliss-reactive ketones (excluding diaryl/α,β-unsaturated/α-hetero) is 1. The summed E-state index contributed by atoms with van der Waals surface area (Å²) in [7, 11) is 0. The zero-order valence-electron chi connectivity index (χ0n) is 10.7. The number of nitrogens with zero attached hydrogens (tertiary/aromatic N) is 1. The fourth-order valence-electron chi connectivity index (χ4n) is 2.39. The number of phenols is 1. The van der Waals surface area contributed by atoms with Crippen molar-refractivity contribution in [3.8, 4) is 5.75 Å². The van der Waals surface area contributed by atoms with E-state index in [-0.39, 0.29) is 28.9 Å². The van der Waals surface area contributed by atoms with Crippen molar-refractivity contribution in [2.45, 2.75) is 19.8 Å². The molecular formula is C14H16FNO3. The number of halogens is 1. The molecule has 1 heterocycles. The molecule has 1 fully saturated rings. The van der Waals surface area contributed by atoms with Gasteiger partial charge in [-0.3, -0.25) is 9.59 Å². The second kappa shape index (κ2) is 5.38. The Morgan fingerprint density at radius 2 is 1.95 bits per heavy atom. The summed E-state index contributed by atoms with van der Waals surface area (Å²) in [5, 5.41) is 9.61. The van der Waals surface area contributed by atoms with Gasteiger partial charge in [0, 0.05) is 32.0 Å². The van der Waals surface area contributed by atoms with Gasteiger partial charge in [0.1, 0.15) is 11.6 Å². The summed E-state index contributed by atoms with van der Waals surface area (Å²) in [6, 6.07) is 3.42. The van der Waals surface area contributed by atoms with Gasteiger partial charge in [-0.25, -0.2) is 4.39 Å². The lowest BCUT2D eigenvalue weighted by atomic mass is 9.88. The lowest BCUT2D eigenvalue weighted by Gasteiger charge is -2.30. The fourth-order valence-corrected chi connectivity index (χ4v) is 2.39. The molecule has 1 aliphatic rings. The van der Waals surface area contributed by atoms with Gasteiger partial charge < -0.3 is 10.0 Å². The standard InChI is InChI=1S/C14H16FNO3/c1-9(17)16-6-4-10(5-7-16)14(19)12-3-2-11(15)8-13(12)18/h2-3,8,10,18H,4-7H2,1H3. The van der Waals surface area contributed by atoms with Crippen LogP contribution in [0.1, 0.15) is 30.1 Å². The number of phenolic OH excluding ortho intramolecular Hbond substituents is 1. The van der Waals surface area contributed by atoms with Crippen molar-refractivity contribution in [1.82, 2.24) is 4.90 Å². The van der Waals surface area contributed by atoms with Gasteiger partial charge in [0.05, 0.1) is 5.56 Å². The second-order valence-corrected chi connectivity index (χ2v) is 4.81. The van der Waals surface area contributed by atoms with E-state index in [1.807, 2.05) is 0 Å². The zero-order chi connectivity index (χ0) is 14.0. The lowest BCUT2D eigenvalue weighted by molar-refractivity contribution is -0.130. The van der Waals surface area contributed by atoms with E-state index in [4.69, 9.17) is 0 Å². The molecule has 0 unspecified atom stereocenters. The molecule has 0 radical (unpaired) electrons. The Morgan fingerprint density at radius 1 is 1.32 bits per heavy atom. The molecular weight excluding hydrogens is 249 g/mol. The van der Waals surface area contributed by atoms with Crippen molar-refractivity contribution in [2.75, 3.05) is 13.1 Å². The van der Waals surface area contributed by atoms with Gasteiger partial charge in [0.2, 0.25) is 5.91 Å². The quantitative estimate of drug-likeness (QED) is 0.832. The van der Waals surface area contributed by atoms with Gasteiger partial charge in [-0.05, 0) is 25.0 Å². The molecule has 0 saturated carbocycles. The second-order valence-electron chi connectivity index (χ2n) is 4.81. The van der Waals surface area contributed by atoms with E-state index in [2.05, 4.69) is 0 Å². The van der Waals surface area contributed by atoms with Crippen LogP contribution in [0.4, 0.5) is 4.39 Å². The van der Waals surface area contributed by atoms with Crippen LogP contribution in [-0.2, 0) is 4.79 Å². The first-order valence-corrected chi connectivity index (χ1v) is 6.27. The minimum Gasteiger partial charge on any atom is -0.507 e. The number of amides is 1. The van der Waals surface area contributed by atoms with Gasteiger partial charge in [0.15, 0.2) is 5.78 Å². The number of likely N-dealkylation sites (tertiary alicyclic amines) is 1. The first-order valence-electron chi connectivity index (χ1n) is 6.27. The summed E-state index contributed by atoms with van der Waals surface area (Å²) >= 11 is 0. The summed E-state index contributed by atoms with van der Waals surface area (Å²) in [6.45, 7) is 2.61. The molecule has 5 heteroatoms. The molecule has 0 aromatic heterocycles. The Labute approximate surface area is 110 Å². The number of piperidine rings is 1. The Bertz CT molecular complexity index is 507. The molecule has 0 bridgehead atoms. The van der Waals surface area contributed by atoms with E-state index in [0.29, 0.717) is 25.9 Å². The summed E-state index contributed by atoms with van der Waals surface area (Å²) < 4.78 is 12.9. The highest BCUT2D eigenvalue weighted by Crippen LogP contribution is 2.26. The first kappa shape index (κ1) is 13.5. The molecule has 1 N–H and O–H groups in total. The van der Waals surface area contributed by atoms with E-state index in [0.717, 1.165) is 12.1 Å². The maximum absolute atomic E-state index is 12.9. The van der Waals surface area contributed by atoms with Crippen molar-refractivity contribution in [2.24, 2.45) is 5.92 Å². The number of hydrogen-bond acceptors (Lipinski definition) is 3. The molecule has 0 spiro atoms. The molecule has 1 amide bonds. The van der Waals surface area contributed by atoms with Crippen molar-refractivity contribution in [1.29, 1.82) is 0 Å². The lowest BCUT2D eigenvalue weighted by Crippen LogP contribution is -2.39. The van der Waals surface area contributed by atoms with Crippen LogP contribution in [0.5, 0.6) is 5.75 Å². The van der Waals surface area contributed by atoms with Crippen molar-refractivity contribution in [3.05, 3.63) is 29.6 Å². The molecule has 1 aromatic rings. The number of carbonyl (C=O) groups excluding carboxylic acids is 2. The maximum Gasteiger partial charge on any atom is 0.219 e. The number of ketones is 1. The predicted octanol–water partition coefficient (Wildman–Crippen LogP) is 1.97. The molecule has 4 nitrogen and oxygen atoms in total. The van der Waals surface area contributed by atoms with E-state index in [9.17, 15) is 19.1 Å². The third kappa shape index (κ3) is 2.92. The van der Waals surface area contributed by atoms with E-state index < -0.39 is 5.82 Å². The zero-order valence-corrected chi connectivity index (χ0v) is 10.7. The van der Waals surface area contributed by atoms with Crippen molar-refractivity contribution < 1.29 is 19.1 Å². The summed E-state index contributed by atoms with van der Waals surface area (Å²) in [5.41, 5.74) is 0.155. The summed E-state index contributed by atoms with van der Waals surface area (Å²) in [6.07, 6.45) is 1.16. The molecule has 0 aliphatic carbocycles. The average molecular weight is 265 g/mol. The van der Waals surface area contributed by atoms with Crippen LogP contribution < -0.4 is 0 Å². The number of rotatable bonds is 2. The molecule has 1 aromatic carbocycles. The Kier molecular flexibility index (Phi) is 3.83. The monoisotopic (exact) mass is 265 g/mol. The van der Waals surface area contributed by atoms with Gasteiger partial charge in [0.25, 0.3) is 0 Å². The summed E-state index contributed by atoms with van der Waals surface area (Å²) in [5.74, 6) is -1.28. The minimum absolute atomic E-state index is 0.00975. The highest BCUT2D eigenvalue weighted by molar-refractivity contribution is 6.00. The largest absolute Gasteiger partial charge is 0.507 e. The maximum atomic E-state index is 12.9. The number of carbonyl (C=O) groups is 2. The normalized spacial score (nSPS) is 16.4. The third-order valence-electron chi connectivity index (χ3n) is 3.54. The van der Waals surface area contributed by atoms with E-state index in [1.54, 1.807) is 4.90 Å². The average Bonchev–Trinajstić information content (AvgIpc) is 2.38. The van der Waals surface area contributed by atoms with Crippen LogP contribution in [0.25, 0.3) is 0 Å². The van der Waals surface area contributed by atoms with Gasteiger partial charge >= 0.3 is 0 Å². The fraction of sp³-hybridized carbons (Fsp3) is 0.429. The SMILES string of the molecule is CC(=O)N1CCC(C(=O)c2ccc(F)cc2O)CC1. The smallest absolute Gasteiger partial charge is 0.219 e. The van der Waals surface area contributed by atoms with Crippen LogP contribution in [-0.4, -0.2) is 34.8 Å². The van der Waals surface area contributed by atoms with Crippen molar-refractivity contribution >= 4 is 11.7 Å². The highest BCUT2D eigenvalue weighted by Gasteiger charge is 2.28. The molecule has 1 saturated heterocycles. The number of benzene rings is 1. The van der Waals surface area contributed by atoms with Crippen LogP contribution in [0.2, 0.25) is 0 Å². The highest BCUT2D eigenvalue weighted by atomic mass is 19.1. The molecule has 1 aliphatic heterocycles. The Hall–Kier alpha value is -1.91. The van der Waals surface area contributed by atoms with Gasteiger partial charge in [-0.15, -0.1) is 0 Å². The Morgan fingerprint density at radius 3 is 2.47 bits per heavy atom. The first-order chi connectivity index (χ1) is 8.99. The van der Waals surface area contributed by atoms with Gasteiger partial charge in [-0.2, -0.15) is 0 Å². The van der Waals surface area contributed by atoms with Crippen LogP contribution >= 0.6 is 0 Å². The molecule has 2 rings (SSSR count). The Balaban J connectivity index is 2.07. The number of aromatic hydroxyl groups is 1. The third-order valence-corrected chi connectivity index (χ3v) is 3.54. The molecule has 19 heavy (non-hydrogen) atoms. The summed E-state index contributed by atoms with van der Waals surface area (Å²) in [4.78, 5) is 25.1. The van der Waals surface area contributed by atoms with Crippen LogP contribution in [0, 0.1) is 11.7 Å². The van der Waals surface area contributed by atoms with Crippen LogP contribution in [0.3, 0.4) is 0 Å².